The lowest BCUT2D eigenvalue weighted by atomic mass is 10.2. The number of nitrogens with one attached hydrogen (secondary N) is 2. The zero-order valence-electron chi connectivity index (χ0n) is 11.1. The highest BCUT2D eigenvalue weighted by molar-refractivity contribution is 6.02. The van der Waals surface area contributed by atoms with Crippen LogP contribution in [0.25, 0.3) is 0 Å². The second-order valence-electron chi connectivity index (χ2n) is 4.80. The van der Waals surface area contributed by atoms with Crippen LogP contribution in [0.4, 0.5) is 6.01 Å². The van der Waals surface area contributed by atoms with E-state index >= 15 is 0 Å². The number of aromatic nitrogens is 3. The van der Waals surface area contributed by atoms with Gasteiger partial charge in [-0.05, 0) is 37.9 Å². The first kappa shape index (κ1) is 12.7. The third-order valence-corrected chi connectivity index (χ3v) is 3.16. The number of hydrogen-bond donors (Lipinski definition) is 2. The maximum absolute atomic E-state index is 12.0. The molecule has 1 atom stereocenters. The Bertz CT molecular complexity index is 619. The first-order valence-electron chi connectivity index (χ1n) is 6.52. The molecule has 2 aromatic rings. The van der Waals surface area contributed by atoms with E-state index in [0.29, 0.717) is 11.5 Å². The van der Waals surface area contributed by atoms with Crippen LogP contribution in [-0.2, 0) is 0 Å². The first-order chi connectivity index (χ1) is 9.72. The van der Waals surface area contributed by atoms with E-state index in [-0.39, 0.29) is 18.0 Å². The van der Waals surface area contributed by atoms with Crippen molar-refractivity contribution >= 4 is 11.9 Å². The normalized spacial score (nSPS) is 18.1. The summed E-state index contributed by atoms with van der Waals surface area (Å²) < 4.78 is 5.45. The third-order valence-electron chi connectivity index (χ3n) is 3.16. The SMILES string of the molecule is Cc1cncc(C(=O)Nc2nnc(C3CCCN3)o2)c1. The van der Waals surface area contributed by atoms with Gasteiger partial charge in [0.2, 0.25) is 5.89 Å². The van der Waals surface area contributed by atoms with E-state index in [0.717, 1.165) is 24.9 Å². The summed E-state index contributed by atoms with van der Waals surface area (Å²) in [5, 5.41) is 13.6. The Labute approximate surface area is 115 Å². The van der Waals surface area contributed by atoms with Crippen molar-refractivity contribution in [1.82, 2.24) is 20.5 Å². The number of aryl methyl sites for hydroxylation is 1. The van der Waals surface area contributed by atoms with Crippen LogP contribution in [0.15, 0.2) is 22.9 Å². The van der Waals surface area contributed by atoms with Crippen molar-refractivity contribution in [3.63, 3.8) is 0 Å². The molecule has 1 aliphatic heterocycles. The van der Waals surface area contributed by atoms with Crippen LogP contribution in [0.1, 0.15) is 40.7 Å². The van der Waals surface area contributed by atoms with Gasteiger partial charge in [0.05, 0.1) is 11.6 Å². The average molecular weight is 273 g/mol. The third kappa shape index (κ3) is 2.67. The van der Waals surface area contributed by atoms with E-state index in [1.165, 1.54) is 6.20 Å². The van der Waals surface area contributed by atoms with Crippen LogP contribution < -0.4 is 10.6 Å². The highest BCUT2D eigenvalue weighted by Gasteiger charge is 2.22. The average Bonchev–Trinajstić information content (AvgIpc) is 3.08. The molecule has 1 saturated heterocycles. The molecule has 0 saturated carbocycles. The lowest BCUT2D eigenvalue weighted by Gasteiger charge is -2.03. The Balaban J connectivity index is 1.70. The van der Waals surface area contributed by atoms with Gasteiger partial charge >= 0.3 is 6.01 Å². The zero-order chi connectivity index (χ0) is 13.9. The fraction of sp³-hybridized carbons (Fsp3) is 0.385. The van der Waals surface area contributed by atoms with Gasteiger partial charge in [-0.2, -0.15) is 0 Å². The number of rotatable bonds is 3. The molecule has 3 heterocycles. The fourth-order valence-corrected chi connectivity index (χ4v) is 2.17. The van der Waals surface area contributed by atoms with Gasteiger partial charge in [0.1, 0.15) is 0 Å². The summed E-state index contributed by atoms with van der Waals surface area (Å²) in [5.74, 6) is 0.205. The molecule has 7 heteroatoms. The van der Waals surface area contributed by atoms with E-state index in [1.807, 2.05) is 6.92 Å². The molecule has 0 spiro atoms. The zero-order valence-corrected chi connectivity index (χ0v) is 11.1. The number of carbonyl (C=O) groups is 1. The van der Waals surface area contributed by atoms with Crippen LogP contribution in [0.2, 0.25) is 0 Å². The van der Waals surface area contributed by atoms with E-state index in [2.05, 4.69) is 25.8 Å². The topological polar surface area (TPSA) is 92.9 Å². The largest absolute Gasteiger partial charge is 0.406 e. The van der Waals surface area contributed by atoms with E-state index in [9.17, 15) is 4.79 Å². The van der Waals surface area contributed by atoms with Gasteiger partial charge in [-0.25, -0.2) is 0 Å². The Morgan fingerprint density at radius 3 is 3.10 bits per heavy atom. The standard InChI is InChI=1S/C13H15N5O2/c1-8-5-9(7-14-6-8)11(19)16-13-18-17-12(20-13)10-3-2-4-15-10/h5-7,10,15H,2-4H2,1H3,(H,16,18,19). The molecule has 0 radical (unpaired) electrons. The molecule has 20 heavy (non-hydrogen) atoms. The number of hydrogen-bond acceptors (Lipinski definition) is 6. The minimum atomic E-state index is -0.309. The van der Waals surface area contributed by atoms with Gasteiger partial charge in [-0.3, -0.25) is 15.1 Å². The smallest absolute Gasteiger partial charge is 0.322 e. The van der Waals surface area contributed by atoms with Gasteiger partial charge in [0.15, 0.2) is 0 Å². The molecule has 1 aliphatic rings. The Morgan fingerprint density at radius 2 is 2.35 bits per heavy atom. The molecule has 104 valence electrons. The summed E-state index contributed by atoms with van der Waals surface area (Å²) in [6.45, 7) is 2.82. The maximum Gasteiger partial charge on any atom is 0.322 e. The van der Waals surface area contributed by atoms with Crippen LogP contribution in [0.3, 0.4) is 0 Å². The van der Waals surface area contributed by atoms with E-state index < -0.39 is 0 Å². The number of carbonyl (C=O) groups excluding carboxylic acids is 1. The molecule has 3 rings (SSSR count). The minimum absolute atomic E-state index is 0.0915. The summed E-state index contributed by atoms with van der Waals surface area (Å²) in [6.07, 6.45) is 5.24. The van der Waals surface area contributed by atoms with Crippen molar-refractivity contribution in [3.8, 4) is 0 Å². The summed E-state index contributed by atoms with van der Waals surface area (Å²) in [6, 6.07) is 1.95. The Hall–Kier alpha value is -2.28. The van der Waals surface area contributed by atoms with Crippen LogP contribution in [-0.4, -0.2) is 27.6 Å². The van der Waals surface area contributed by atoms with Crippen molar-refractivity contribution in [2.24, 2.45) is 0 Å². The number of anilines is 1. The molecule has 2 N–H and O–H groups in total. The minimum Gasteiger partial charge on any atom is -0.406 e. The second kappa shape index (κ2) is 5.38. The summed E-state index contributed by atoms with van der Waals surface area (Å²) >= 11 is 0. The highest BCUT2D eigenvalue weighted by Crippen LogP contribution is 2.22. The summed E-state index contributed by atoms with van der Waals surface area (Å²) in [5.41, 5.74) is 1.38. The number of pyridine rings is 1. The molecule has 0 bridgehead atoms. The molecule has 1 amide bonds. The van der Waals surface area contributed by atoms with E-state index in [4.69, 9.17) is 4.42 Å². The van der Waals surface area contributed by atoms with Gasteiger partial charge in [0, 0.05) is 12.4 Å². The van der Waals surface area contributed by atoms with Crippen molar-refractivity contribution in [2.45, 2.75) is 25.8 Å². The highest BCUT2D eigenvalue weighted by atomic mass is 16.4. The second-order valence-corrected chi connectivity index (χ2v) is 4.80. The molecular weight excluding hydrogens is 258 g/mol. The Kier molecular flexibility index (Phi) is 3.42. The molecule has 1 fully saturated rings. The lowest BCUT2D eigenvalue weighted by Crippen LogP contribution is -2.13. The Morgan fingerprint density at radius 1 is 1.45 bits per heavy atom. The summed E-state index contributed by atoms with van der Waals surface area (Å²) in [4.78, 5) is 16.0. The van der Waals surface area contributed by atoms with Crippen LogP contribution in [0.5, 0.6) is 0 Å². The van der Waals surface area contributed by atoms with Gasteiger partial charge < -0.3 is 9.73 Å². The van der Waals surface area contributed by atoms with Crippen LogP contribution >= 0.6 is 0 Å². The fourth-order valence-electron chi connectivity index (χ4n) is 2.17. The molecule has 0 aromatic carbocycles. The van der Waals surface area contributed by atoms with Gasteiger partial charge in [-0.15, -0.1) is 5.10 Å². The number of amides is 1. The van der Waals surface area contributed by atoms with Crippen molar-refractivity contribution in [3.05, 3.63) is 35.5 Å². The first-order valence-corrected chi connectivity index (χ1v) is 6.52. The lowest BCUT2D eigenvalue weighted by molar-refractivity contribution is 0.102. The molecule has 7 nitrogen and oxygen atoms in total. The molecule has 0 aliphatic carbocycles. The van der Waals surface area contributed by atoms with Gasteiger partial charge in [0.25, 0.3) is 5.91 Å². The molecular formula is C13H15N5O2. The predicted molar refractivity (Wildman–Crippen MR) is 71.2 cm³/mol. The number of nitrogens with zero attached hydrogens (tertiary/aromatic N) is 3. The summed E-state index contributed by atoms with van der Waals surface area (Å²) in [7, 11) is 0. The quantitative estimate of drug-likeness (QED) is 0.879. The van der Waals surface area contributed by atoms with Gasteiger partial charge in [-0.1, -0.05) is 5.10 Å². The molecule has 1 unspecified atom stereocenters. The van der Waals surface area contributed by atoms with Crippen molar-refractivity contribution < 1.29 is 9.21 Å². The molecule has 2 aromatic heterocycles. The van der Waals surface area contributed by atoms with E-state index in [1.54, 1.807) is 12.3 Å². The monoisotopic (exact) mass is 273 g/mol. The predicted octanol–water partition coefficient (Wildman–Crippen LogP) is 1.45. The van der Waals surface area contributed by atoms with Crippen molar-refractivity contribution in [1.29, 1.82) is 0 Å². The van der Waals surface area contributed by atoms with Crippen LogP contribution in [0, 0.1) is 6.92 Å². The van der Waals surface area contributed by atoms with Crippen molar-refractivity contribution in [2.75, 3.05) is 11.9 Å². The maximum atomic E-state index is 12.0.